The van der Waals surface area contributed by atoms with Crippen molar-refractivity contribution >= 4 is 5.97 Å². The number of halogens is 2. The molecule has 0 spiro atoms. The fourth-order valence-corrected chi connectivity index (χ4v) is 2.12. The molecule has 0 amide bonds. The van der Waals surface area contributed by atoms with Crippen molar-refractivity contribution < 1.29 is 18.3 Å². The molecule has 2 heterocycles. The molecule has 2 aromatic heterocycles. The normalized spacial score (nSPS) is 14.5. The lowest BCUT2D eigenvalue weighted by Crippen LogP contribution is -2.05. The maximum Gasteiger partial charge on any atom is 0.356 e. The van der Waals surface area contributed by atoms with E-state index in [-0.39, 0.29) is 16.8 Å². The molecule has 1 aliphatic carbocycles. The van der Waals surface area contributed by atoms with Crippen LogP contribution in [-0.2, 0) is 4.74 Å². The Morgan fingerprint density at radius 3 is 2.81 bits per heavy atom. The molecule has 0 aliphatic heterocycles. The summed E-state index contributed by atoms with van der Waals surface area (Å²) in [5.41, 5.74) is 0.575. The van der Waals surface area contributed by atoms with Gasteiger partial charge in [0.25, 0.3) is 6.43 Å². The van der Waals surface area contributed by atoms with Gasteiger partial charge in [0.05, 0.1) is 19.3 Å². The molecule has 5 nitrogen and oxygen atoms in total. The Morgan fingerprint density at radius 2 is 2.19 bits per heavy atom. The van der Waals surface area contributed by atoms with Crippen LogP contribution in [0.25, 0.3) is 11.1 Å². The van der Waals surface area contributed by atoms with E-state index in [4.69, 9.17) is 0 Å². The summed E-state index contributed by atoms with van der Waals surface area (Å²) in [6, 6.07) is 1.68. The van der Waals surface area contributed by atoms with E-state index >= 15 is 0 Å². The van der Waals surface area contributed by atoms with Crippen molar-refractivity contribution in [2.24, 2.45) is 0 Å². The molecule has 0 radical (unpaired) electrons. The first-order chi connectivity index (χ1) is 10.1. The summed E-state index contributed by atoms with van der Waals surface area (Å²) in [7, 11) is 1.22. The second-order valence-corrected chi connectivity index (χ2v) is 4.89. The molecule has 7 heteroatoms. The molecule has 0 N–H and O–H groups in total. The lowest BCUT2D eigenvalue weighted by atomic mass is 10.0. The van der Waals surface area contributed by atoms with E-state index in [2.05, 4.69) is 14.8 Å². The number of esters is 1. The number of aromatic nitrogens is 3. The minimum absolute atomic E-state index is 0.00364. The molecule has 1 saturated carbocycles. The van der Waals surface area contributed by atoms with Gasteiger partial charge in [0, 0.05) is 23.5 Å². The number of pyridine rings is 1. The van der Waals surface area contributed by atoms with Gasteiger partial charge >= 0.3 is 5.97 Å². The van der Waals surface area contributed by atoms with E-state index in [0.29, 0.717) is 11.6 Å². The summed E-state index contributed by atoms with van der Waals surface area (Å²) in [4.78, 5) is 15.2. The summed E-state index contributed by atoms with van der Waals surface area (Å²) in [6.07, 6.45) is 3.68. The number of hydrogen-bond acceptors (Lipinski definition) is 4. The number of carbonyl (C=O) groups excluding carboxylic acids is 1. The third-order valence-corrected chi connectivity index (χ3v) is 3.40. The molecule has 0 aromatic carbocycles. The molecule has 0 bridgehead atoms. The molecule has 2 aromatic rings. The summed E-state index contributed by atoms with van der Waals surface area (Å²) in [5, 5.41) is 4.18. The Balaban J connectivity index is 2.05. The van der Waals surface area contributed by atoms with Gasteiger partial charge in [-0.15, -0.1) is 0 Å². The molecular formula is C14H13F2N3O2. The molecule has 1 aliphatic rings. The van der Waals surface area contributed by atoms with Crippen LogP contribution < -0.4 is 0 Å². The maximum absolute atomic E-state index is 13.1. The van der Waals surface area contributed by atoms with Crippen LogP contribution in [0, 0.1) is 0 Å². The number of ether oxygens (including phenoxy) is 1. The van der Waals surface area contributed by atoms with E-state index in [0.717, 1.165) is 19.0 Å². The van der Waals surface area contributed by atoms with Crippen molar-refractivity contribution in [2.75, 3.05) is 7.11 Å². The number of nitrogens with zero attached hydrogens (tertiary/aromatic N) is 3. The van der Waals surface area contributed by atoms with Crippen molar-refractivity contribution in [3.63, 3.8) is 0 Å². The first-order valence-corrected chi connectivity index (χ1v) is 6.51. The zero-order valence-electron chi connectivity index (χ0n) is 11.3. The van der Waals surface area contributed by atoms with Gasteiger partial charge < -0.3 is 4.74 Å². The fourth-order valence-electron chi connectivity index (χ4n) is 2.12. The van der Waals surface area contributed by atoms with Crippen LogP contribution >= 0.6 is 0 Å². The van der Waals surface area contributed by atoms with Crippen molar-refractivity contribution in [1.82, 2.24) is 14.8 Å². The number of alkyl halides is 2. The topological polar surface area (TPSA) is 57.0 Å². The van der Waals surface area contributed by atoms with Crippen LogP contribution in [0.2, 0.25) is 0 Å². The average Bonchev–Trinajstić information content (AvgIpc) is 3.23. The van der Waals surface area contributed by atoms with E-state index < -0.39 is 12.4 Å². The van der Waals surface area contributed by atoms with E-state index in [1.165, 1.54) is 19.4 Å². The highest BCUT2D eigenvalue weighted by Gasteiger charge is 2.25. The quantitative estimate of drug-likeness (QED) is 0.813. The molecule has 21 heavy (non-hydrogen) atoms. The van der Waals surface area contributed by atoms with Crippen LogP contribution in [0.15, 0.2) is 24.7 Å². The van der Waals surface area contributed by atoms with Crippen LogP contribution in [0.1, 0.15) is 41.4 Å². The van der Waals surface area contributed by atoms with Gasteiger partial charge in [-0.2, -0.15) is 5.10 Å². The van der Waals surface area contributed by atoms with Gasteiger partial charge in [0.2, 0.25) is 0 Å². The van der Waals surface area contributed by atoms with Gasteiger partial charge in [0.15, 0.2) is 0 Å². The Labute approximate surface area is 119 Å². The third kappa shape index (κ3) is 2.63. The Morgan fingerprint density at radius 1 is 1.43 bits per heavy atom. The van der Waals surface area contributed by atoms with Gasteiger partial charge in [-0.25, -0.2) is 18.6 Å². The highest BCUT2D eigenvalue weighted by molar-refractivity contribution is 5.89. The zero-order valence-corrected chi connectivity index (χ0v) is 11.3. The molecule has 0 saturated heterocycles. The summed E-state index contributed by atoms with van der Waals surface area (Å²) in [6.45, 7) is 0. The predicted octanol–water partition coefficient (Wildman–Crippen LogP) is 3.00. The number of hydrogen-bond donors (Lipinski definition) is 0. The van der Waals surface area contributed by atoms with Crippen LogP contribution in [0.5, 0.6) is 0 Å². The fraction of sp³-hybridized carbons (Fsp3) is 0.357. The maximum atomic E-state index is 13.1. The minimum Gasteiger partial charge on any atom is -0.464 e. The SMILES string of the molecule is COC(=O)c1cc(-c2cnn(C3CC3)c2)c(C(F)F)cn1. The number of carbonyl (C=O) groups is 1. The van der Waals surface area contributed by atoms with Crippen molar-refractivity contribution in [3.8, 4) is 11.1 Å². The number of methoxy groups -OCH3 is 1. The van der Waals surface area contributed by atoms with Gasteiger partial charge in [0.1, 0.15) is 5.69 Å². The summed E-state index contributed by atoms with van der Waals surface area (Å²) < 4.78 is 32.6. The van der Waals surface area contributed by atoms with Gasteiger partial charge in [-0.1, -0.05) is 0 Å². The smallest absolute Gasteiger partial charge is 0.356 e. The van der Waals surface area contributed by atoms with Crippen LogP contribution in [0.4, 0.5) is 8.78 Å². The standard InChI is InChI=1S/C14H13F2N3O2/c1-21-14(20)12-4-10(11(6-17-12)13(15)16)8-5-18-19(7-8)9-2-3-9/h4-7,9,13H,2-3H2,1H3. The summed E-state index contributed by atoms with van der Waals surface area (Å²) >= 11 is 0. The highest BCUT2D eigenvalue weighted by atomic mass is 19.3. The Bertz CT molecular complexity index is 681. The van der Waals surface area contributed by atoms with E-state index in [9.17, 15) is 13.6 Å². The second-order valence-electron chi connectivity index (χ2n) is 4.89. The zero-order chi connectivity index (χ0) is 15.0. The minimum atomic E-state index is -2.68. The van der Waals surface area contributed by atoms with Crippen LogP contribution in [-0.4, -0.2) is 27.8 Å². The van der Waals surface area contributed by atoms with Crippen molar-refractivity contribution in [3.05, 3.63) is 35.9 Å². The molecule has 0 atom stereocenters. The molecule has 1 fully saturated rings. The first-order valence-electron chi connectivity index (χ1n) is 6.51. The van der Waals surface area contributed by atoms with Crippen molar-refractivity contribution in [2.45, 2.75) is 25.3 Å². The van der Waals surface area contributed by atoms with E-state index in [1.54, 1.807) is 10.9 Å². The number of rotatable bonds is 4. The third-order valence-electron chi connectivity index (χ3n) is 3.40. The van der Waals surface area contributed by atoms with Crippen LogP contribution in [0.3, 0.4) is 0 Å². The van der Waals surface area contributed by atoms with Gasteiger partial charge in [-0.05, 0) is 24.5 Å². The van der Waals surface area contributed by atoms with Gasteiger partial charge in [-0.3, -0.25) is 4.68 Å². The molecule has 110 valence electrons. The van der Waals surface area contributed by atoms with E-state index in [1.807, 2.05) is 0 Å². The lowest BCUT2D eigenvalue weighted by Gasteiger charge is -2.08. The Hall–Kier alpha value is -2.31. The lowest BCUT2D eigenvalue weighted by molar-refractivity contribution is 0.0593. The monoisotopic (exact) mass is 293 g/mol. The van der Waals surface area contributed by atoms with Crippen molar-refractivity contribution in [1.29, 1.82) is 0 Å². The second kappa shape index (κ2) is 5.23. The predicted molar refractivity (Wildman–Crippen MR) is 70.0 cm³/mol. The Kier molecular flexibility index (Phi) is 3.40. The highest BCUT2D eigenvalue weighted by Crippen LogP contribution is 2.36. The molecule has 0 unspecified atom stereocenters. The first kappa shape index (κ1) is 13.7. The molecule has 3 rings (SSSR count). The summed E-state index contributed by atoms with van der Waals surface area (Å²) in [5.74, 6) is -0.661. The largest absolute Gasteiger partial charge is 0.464 e. The molecular weight excluding hydrogens is 280 g/mol. The average molecular weight is 293 g/mol.